The van der Waals surface area contributed by atoms with Gasteiger partial charge in [-0.1, -0.05) is 38.7 Å². The van der Waals surface area contributed by atoms with E-state index < -0.39 is 17.4 Å². The molecule has 1 aliphatic rings. The van der Waals surface area contributed by atoms with Crippen LogP contribution in [0.3, 0.4) is 0 Å². The van der Waals surface area contributed by atoms with Gasteiger partial charge in [0.25, 0.3) is 0 Å². The Bertz CT molecular complexity index is 366. The Morgan fingerprint density at radius 2 is 1.57 bits per heavy atom. The lowest BCUT2D eigenvalue weighted by Gasteiger charge is -2.12. The van der Waals surface area contributed by atoms with E-state index >= 15 is 0 Å². The number of carbonyl (C=O) groups excluding carboxylic acids is 2. The lowest BCUT2D eigenvalue weighted by Crippen LogP contribution is -2.30. The molecule has 0 amide bonds. The van der Waals surface area contributed by atoms with Gasteiger partial charge >= 0.3 is 11.9 Å². The van der Waals surface area contributed by atoms with Gasteiger partial charge in [0.15, 0.2) is 5.41 Å². The van der Waals surface area contributed by atoms with E-state index in [1.165, 1.54) is 25.7 Å². The second-order valence-electron chi connectivity index (χ2n) is 5.46. The highest BCUT2D eigenvalue weighted by atomic mass is 16.6. The molecular formula is C17H28O4. The topological polar surface area (TPSA) is 52.6 Å². The van der Waals surface area contributed by atoms with E-state index in [1.54, 1.807) is 13.8 Å². The second kappa shape index (κ2) is 8.85. The third-order valence-corrected chi connectivity index (χ3v) is 3.82. The molecule has 4 nitrogen and oxygen atoms in total. The first kappa shape index (κ1) is 17.7. The number of rotatable bonds is 10. The van der Waals surface area contributed by atoms with Crippen LogP contribution < -0.4 is 0 Å². The maximum atomic E-state index is 12.1. The molecule has 1 aliphatic carbocycles. The summed E-state index contributed by atoms with van der Waals surface area (Å²) in [4.78, 5) is 24.1. The Morgan fingerprint density at radius 3 is 2.10 bits per heavy atom. The van der Waals surface area contributed by atoms with Gasteiger partial charge in [-0.2, -0.15) is 0 Å². The van der Waals surface area contributed by atoms with E-state index in [2.05, 4.69) is 6.92 Å². The smallest absolute Gasteiger partial charge is 0.328 e. The van der Waals surface area contributed by atoms with Crippen LogP contribution in [0.1, 0.15) is 65.7 Å². The van der Waals surface area contributed by atoms with Crippen LogP contribution in [-0.2, 0) is 19.1 Å². The van der Waals surface area contributed by atoms with E-state index in [9.17, 15) is 9.59 Å². The first-order chi connectivity index (χ1) is 10.1. The molecule has 0 aromatic rings. The van der Waals surface area contributed by atoms with Crippen LogP contribution in [0.15, 0.2) is 11.6 Å². The third-order valence-electron chi connectivity index (χ3n) is 3.82. The van der Waals surface area contributed by atoms with Crippen LogP contribution >= 0.6 is 0 Å². The number of allylic oxidation sites excluding steroid dienone is 1. The molecule has 0 bridgehead atoms. The van der Waals surface area contributed by atoms with Gasteiger partial charge in [0.1, 0.15) is 0 Å². The molecule has 0 aromatic heterocycles. The van der Waals surface area contributed by atoms with Crippen molar-refractivity contribution in [3.63, 3.8) is 0 Å². The van der Waals surface area contributed by atoms with Gasteiger partial charge in [0, 0.05) is 6.42 Å². The standard InChI is InChI=1S/C17H28O4/c1-4-7-8-9-10-11-12-14-13-17(14,15(18)20-5-2)16(19)21-6-3/h12H,4-11,13H2,1-3H3/b14-12+. The number of hydrogen-bond acceptors (Lipinski definition) is 4. The monoisotopic (exact) mass is 296 g/mol. The molecule has 0 radical (unpaired) electrons. The second-order valence-corrected chi connectivity index (χ2v) is 5.46. The van der Waals surface area contributed by atoms with Gasteiger partial charge in [0.2, 0.25) is 0 Å². The van der Waals surface area contributed by atoms with Crippen molar-refractivity contribution in [3.8, 4) is 0 Å². The van der Waals surface area contributed by atoms with Crippen molar-refractivity contribution >= 4 is 11.9 Å². The highest BCUT2D eigenvalue weighted by molar-refractivity contribution is 6.08. The minimum atomic E-state index is -1.13. The number of ether oxygens (including phenoxy) is 2. The summed E-state index contributed by atoms with van der Waals surface area (Å²) in [6.07, 6.45) is 9.45. The molecule has 4 heteroatoms. The van der Waals surface area contributed by atoms with Crippen molar-refractivity contribution in [2.45, 2.75) is 65.7 Å². The summed E-state index contributed by atoms with van der Waals surface area (Å²) >= 11 is 0. The zero-order chi connectivity index (χ0) is 15.7. The molecule has 1 fully saturated rings. The van der Waals surface area contributed by atoms with Crippen LogP contribution in [0.5, 0.6) is 0 Å². The Morgan fingerprint density at radius 1 is 1.00 bits per heavy atom. The Hall–Kier alpha value is -1.32. The predicted octanol–water partition coefficient (Wildman–Crippen LogP) is 3.79. The quantitative estimate of drug-likeness (QED) is 0.266. The molecular weight excluding hydrogens is 268 g/mol. The van der Waals surface area contributed by atoms with Crippen molar-refractivity contribution in [1.29, 1.82) is 0 Å². The van der Waals surface area contributed by atoms with Crippen molar-refractivity contribution in [2.24, 2.45) is 5.41 Å². The third kappa shape index (κ3) is 4.58. The van der Waals surface area contributed by atoms with Crippen LogP contribution in [0.2, 0.25) is 0 Å². The molecule has 0 heterocycles. The van der Waals surface area contributed by atoms with Crippen molar-refractivity contribution in [2.75, 3.05) is 13.2 Å². The van der Waals surface area contributed by atoms with Crippen LogP contribution in [0, 0.1) is 5.41 Å². The highest BCUT2D eigenvalue weighted by Gasteiger charge is 2.64. The number of hydrogen-bond donors (Lipinski definition) is 0. The summed E-state index contributed by atoms with van der Waals surface area (Å²) in [5, 5.41) is 0. The number of esters is 2. The molecule has 1 rings (SSSR count). The fourth-order valence-corrected chi connectivity index (χ4v) is 2.51. The maximum Gasteiger partial charge on any atom is 0.328 e. The molecule has 0 saturated heterocycles. The van der Waals surface area contributed by atoms with Crippen molar-refractivity contribution in [3.05, 3.63) is 11.6 Å². The van der Waals surface area contributed by atoms with Gasteiger partial charge < -0.3 is 9.47 Å². The SMILES string of the molecule is CCCCCCC/C=C1\CC1(C(=O)OCC)C(=O)OCC. The number of unbranched alkanes of at least 4 members (excludes halogenated alkanes) is 5. The van der Waals surface area contributed by atoms with Crippen LogP contribution in [0.25, 0.3) is 0 Å². The molecule has 0 aliphatic heterocycles. The van der Waals surface area contributed by atoms with E-state index in [1.807, 2.05) is 6.08 Å². The molecule has 1 saturated carbocycles. The van der Waals surface area contributed by atoms with Crippen molar-refractivity contribution in [1.82, 2.24) is 0 Å². The normalized spacial score (nSPS) is 17.6. The van der Waals surface area contributed by atoms with E-state index in [4.69, 9.17) is 9.47 Å². The van der Waals surface area contributed by atoms with E-state index in [-0.39, 0.29) is 13.2 Å². The summed E-state index contributed by atoms with van der Waals surface area (Å²) in [6.45, 7) is 6.25. The Labute approximate surface area is 127 Å². The summed E-state index contributed by atoms with van der Waals surface area (Å²) < 4.78 is 10.1. The molecule has 21 heavy (non-hydrogen) atoms. The molecule has 0 atom stereocenters. The summed E-state index contributed by atoms with van der Waals surface area (Å²) in [5.74, 6) is -0.915. The minimum Gasteiger partial charge on any atom is -0.465 e. The lowest BCUT2D eigenvalue weighted by molar-refractivity contribution is -0.163. The highest BCUT2D eigenvalue weighted by Crippen LogP contribution is 2.54. The van der Waals surface area contributed by atoms with Gasteiger partial charge in [-0.15, -0.1) is 0 Å². The number of carbonyl (C=O) groups is 2. The lowest BCUT2D eigenvalue weighted by atomic mass is 10.1. The first-order valence-corrected chi connectivity index (χ1v) is 8.17. The molecule has 0 N–H and O–H groups in total. The Kier molecular flexibility index (Phi) is 7.48. The zero-order valence-electron chi connectivity index (χ0n) is 13.6. The fourth-order valence-electron chi connectivity index (χ4n) is 2.51. The Balaban J connectivity index is 2.54. The summed E-state index contributed by atoms with van der Waals surface area (Å²) in [6, 6.07) is 0. The fraction of sp³-hybridized carbons (Fsp3) is 0.765. The van der Waals surface area contributed by atoms with Gasteiger partial charge in [-0.3, -0.25) is 9.59 Å². The van der Waals surface area contributed by atoms with E-state index in [0.29, 0.717) is 6.42 Å². The first-order valence-electron chi connectivity index (χ1n) is 8.17. The van der Waals surface area contributed by atoms with Gasteiger partial charge in [-0.25, -0.2) is 0 Å². The van der Waals surface area contributed by atoms with Gasteiger partial charge in [0.05, 0.1) is 13.2 Å². The maximum absolute atomic E-state index is 12.1. The largest absolute Gasteiger partial charge is 0.465 e. The zero-order valence-corrected chi connectivity index (χ0v) is 13.6. The summed E-state index contributed by atoms with van der Waals surface area (Å²) in [7, 11) is 0. The minimum absolute atomic E-state index is 0.282. The van der Waals surface area contributed by atoms with Crippen molar-refractivity contribution < 1.29 is 19.1 Å². The average Bonchev–Trinajstić information content (AvgIpc) is 3.19. The van der Waals surface area contributed by atoms with Gasteiger partial charge in [-0.05, 0) is 32.3 Å². The predicted molar refractivity (Wildman–Crippen MR) is 81.8 cm³/mol. The molecule has 0 unspecified atom stereocenters. The van der Waals surface area contributed by atoms with Crippen LogP contribution in [-0.4, -0.2) is 25.2 Å². The summed E-state index contributed by atoms with van der Waals surface area (Å²) in [5.41, 5.74) is -0.259. The average molecular weight is 296 g/mol. The molecule has 120 valence electrons. The van der Waals surface area contributed by atoms with Crippen LogP contribution in [0.4, 0.5) is 0 Å². The molecule has 0 spiro atoms. The molecule has 0 aromatic carbocycles. The van der Waals surface area contributed by atoms with E-state index in [0.717, 1.165) is 18.4 Å².